The Hall–Kier alpha value is -3.11. The highest BCUT2D eigenvalue weighted by molar-refractivity contribution is 7.89. The number of hydrogen-bond acceptors (Lipinski definition) is 7. The molecule has 2 N–H and O–H groups in total. The molecule has 1 heterocycles. The average Bonchev–Trinajstić information content (AvgIpc) is 3.18. The number of hydrogen-bond donors (Lipinski definition) is 2. The molecule has 0 radical (unpaired) electrons. The monoisotopic (exact) mass is 434 g/mol. The lowest BCUT2D eigenvalue weighted by Gasteiger charge is -2.14. The number of esters is 1. The fraction of sp³-hybridized carbons (Fsp3) is 0.300. The van der Waals surface area contributed by atoms with Crippen molar-refractivity contribution in [2.45, 2.75) is 31.4 Å². The number of nitrogens with one attached hydrogen (secondary N) is 2. The van der Waals surface area contributed by atoms with Crippen LogP contribution in [0.15, 0.2) is 47.4 Å². The zero-order valence-corrected chi connectivity index (χ0v) is 17.3. The van der Waals surface area contributed by atoms with E-state index in [1.165, 1.54) is 19.1 Å². The minimum atomic E-state index is -3.85. The molecule has 0 spiro atoms. The Kier molecular flexibility index (Phi) is 6.58. The van der Waals surface area contributed by atoms with Gasteiger partial charge in [-0.15, -0.1) is 0 Å². The molecule has 1 amide bonds. The van der Waals surface area contributed by atoms with Crippen LogP contribution in [0.1, 0.15) is 18.1 Å². The van der Waals surface area contributed by atoms with Crippen LogP contribution in [0.25, 0.3) is 0 Å². The van der Waals surface area contributed by atoms with E-state index in [9.17, 15) is 18.0 Å². The maximum Gasteiger partial charge on any atom is 0.321 e. The summed E-state index contributed by atoms with van der Waals surface area (Å²) in [4.78, 5) is 24.1. The van der Waals surface area contributed by atoms with Gasteiger partial charge in [0, 0.05) is 6.54 Å². The highest BCUT2D eigenvalue weighted by Crippen LogP contribution is 2.32. The van der Waals surface area contributed by atoms with Crippen LogP contribution in [0, 0.1) is 6.92 Å². The largest absolute Gasteiger partial charge is 0.454 e. The van der Waals surface area contributed by atoms with Gasteiger partial charge in [-0.1, -0.05) is 23.8 Å². The normalized spacial score (nSPS) is 13.5. The van der Waals surface area contributed by atoms with Crippen molar-refractivity contribution >= 4 is 21.9 Å². The summed E-state index contributed by atoms with van der Waals surface area (Å²) in [5.74, 6) is -0.138. The fourth-order valence-corrected chi connectivity index (χ4v) is 3.60. The van der Waals surface area contributed by atoms with Gasteiger partial charge in [-0.3, -0.25) is 9.59 Å². The molecule has 9 nitrogen and oxygen atoms in total. The number of aryl methyl sites for hydroxylation is 1. The molecule has 0 saturated heterocycles. The minimum absolute atomic E-state index is 0.0374. The third-order valence-corrected chi connectivity index (χ3v) is 5.74. The SMILES string of the molecule is Cc1ccc(S(=O)(=O)NCC(=O)O[C@H](C)C(=O)NCc2ccc3c(c2)OCO3)cc1. The Bertz CT molecular complexity index is 1040. The van der Waals surface area contributed by atoms with Crippen molar-refractivity contribution in [1.29, 1.82) is 0 Å². The Morgan fingerprint density at radius 1 is 1.10 bits per heavy atom. The van der Waals surface area contributed by atoms with Crippen LogP contribution in [0.5, 0.6) is 11.5 Å². The number of amides is 1. The van der Waals surface area contributed by atoms with Crippen LogP contribution < -0.4 is 19.5 Å². The van der Waals surface area contributed by atoms with E-state index in [2.05, 4.69) is 10.0 Å². The maximum absolute atomic E-state index is 12.2. The molecule has 3 rings (SSSR count). The van der Waals surface area contributed by atoms with Crippen LogP contribution in [0.3, 0.4) is 0 Å². The molecule has 160 valence electrons. The molecular weight excluding hydrogens is 412 g/mol. The Morgan fingerprint density at radius 3 is 2.53 bits per heavy atom. The highest BCUT2D eigenvalue weighted by Gasteiger charge is 2.21. The van der Waals surface area contributed by atoms with Crippen LogP contribution >= 0.6 is 0 Å². The summed E-state index contributed by atoms with van der Waals surface area (Å²) in [5.41, 5.74) is 1.70. The van der Waals surface area contributed by atoms with Gasteiger partial charge in [0.25, 0.3) is 5.91 Å². The summed E-state index contributed by atoms with van der Waals surface area (Å²) in [6.45, 7) is 3.01. The smallest absolute Gasteiger partial charge is 0.321 e. The first kappa shape index (κ1) is 21.6. The molecule has 0 bridgehead atoms. The van der Waals surface area contributed by atoms with Gasteiger partial charge in [0.15, 0.2) is 17.6 Å². The second-order valence-electron chi connectivity index (χ2n) is 6.68. The van der Waals surface area contributed by atoms with E-state index < -0.39 is 34.5 Å². The Labute approximate surface area is 174 Å². The van der Waals surface area contributed by atoms with Gasteiger partial charge in [0.1, 0.15) is 6.54 Å². The van der Waals surface area contributed by atoms with Crippen molar-refractivity contribution in [2.24, 2.45) is 0 Å². The second-order valence-corrected chi connectivity index (χ2v) is 8.44. The molecule has 1 aliphatic rings. The van der Waals surface area contributed by atoms with Gasteiger partial charge < -0.3 is 19.5 Å². The van der Waals surface area contributed by atoms with Gasteiger partial charge in [-0.2, -0.15) is 4.72 Å². The van der Waals surface area contributed by atoms with Crippen molar-refractivity contribution < 1.29 is 32.2 Å². The first-order valence-electron chi connectivity index (χ1n) is 9.16. The van der Waals surface area contributed by atoms with E-state index in [0.29, 0.717) is 11.5 Å². The topological polar surface area (TPSA) is 120 Å². The van der Waals surface area contributed by atoms with Crippen molar-refractivity contribution in [2.75, 3.05) is 13.3 Å². The molecule has 0 saturated carbocycles. The van der Waals surface area contributed by atoms with E-state index in [1.54, 1.807) is 30.3 Å². The van der Waals surface area contributed by atoms with Crippen molar-refractivity contribution in [3.05, 3.63) is 53.6 Å². The highest BCUT2D eigenvalue weighted by atomic mass is 32.2. The zero-order valence-electron chi connectivity index (χ0n) is 16.5. The summed E-state index contributed by atoms with van der Waals surface area (Å²) in [6.07, 6.45) is -1.09. The van der Waals surface area contributed by atoms with Crippen LogP contribution in [0.4, 0.5) is 0 Å². The van der Waals surface area contributed by atoms with E-state index in [4.69, 9.17) is 14.2 Å². The average molecular weight is 434 g/mol. The second kappa shape index (κ2) is 9.14. The first-order chi connectivity index (χ1) is 14.2. The minimum Gasteiger partial charge on any atom is -0.454 e. The first-order valence-corrected chi connectivity index (χ1v) is 10.6. The number of benzene rings is 2. The maximum atomic E-state index is 12.2. The summed E-state index contributed by atoms with van der Waals surface area (Å²) < 4.78 is 42.0. The lowest BCUT2D eigenvalue weighted by molar-refractivity contribution is -0.153. The molecule has 1 atom stereocenters. The Balaban J connectivity index is 1.45. The van der Waals surface area contributed by atoms with Gasteiger partial charge >= 0.3 is 5.97 Å². The fourth-order valence-electron chi connectivity index (χ4n) is 2.63. The summed E-state index contributed by atoms with van der Waals surface area (Å²) in [7, 11) is -3.85. The molecule has 30 heavy (non-hydrogen) atoms. The number of ether oxygens (including phenoxy) is 3. The molecule has 2 aromatic rings. The molecule has 0 aromatic heterocycles. The predicted octanol–water partition coefficient (Wildman–Crippen LogP) is 1.25. The number of carbonyl (C=O) groups is 2. The molecule has 0 fully saturated rings. The third-order valence-electron chi connectivity index (χ3n) is 4.32. The molecule has 10 heteroatoms. The van der Waals surface area contributed by atoms with Gasteiger partial charge in [-0.05, 0) is 43.7 Å². The van der Waals surface area contributed by atoms with Crippen molar-refractivity contribution in [3.8, 4) is 11.5 Å². The molecule has 0 aliphatic carbocycles. The summed E-state index contributed by atoms with van der Waals surface area (Å²) in [6, 6.07) is 11.5. The van der Waals surface area contributed by atoms with Crippen LogP contribution in [-0.4, -0.2) is 39.7 Å². The Morgan fingerprint density at radius 2 is 1.80 bits per heavy atom. The zero-order chi connectivity index (χ0) is 21.7. The molecule has 2 aromatic carbocycles. The van der Waals surface area contributed by atoms with Crippen LogP contribution in [-0.2, 0) is 30.9 Å². The van der Waals surface area contributed by atoms with E-state index in [0.717, 1.165) is 11.1 Å². The van der Waals surface area contributed by atoms with Gasteiger partial charge in [0.2, 0.25) is 16.8 Å². The van der Waals surface area contributed by atoms with E-state index in [-0.39, 0.29) is 18.2 Å². The quantitative estimate of drug-likeness (QED) is 0.600. The lowest BCUT2D eigenvalue weighted by Crippen LogP contribution is -2.38. The molecule has 1 aliphatic heterocycles. The number of carbonyl (C=O) groups excluding carboxylic acids is 2. The van der Waals surface area contributed by atoms with Crippen molar-refractivity contribution in [1.82, 2.24) is 10.0 Å². The summed E-state index contributed by atoms with van der Waals surface area (Å²) >= 11 is 0. The third kappa shape index (κ3) is 5.49. The molecular formula is C20H22N2O7S. The van der Waals surface area contributed by atoms with E-state index in [1.807, 2.05) is 6.92 Å². The summed E-state index contributed by atoms with van der Waals surface area (Å²) in [5, 5.41) is 2.65. The molecule has 0 unspecified atom stereocenters. The van der Waals surface area contributed by atoms with Crippen LogP contribution in [0.2, 0.25) is 0 Å². The number of fused-ring (bicyclic) bond motifs is 1. The standard InChI is InChI=1S/C20H22N2O7S/c1-13-3-6-16(7-4-13)30(25,26)22-11-19(23)29-14(2)20(24)21-10-15-5-8-17-18(9-15)28-12-27-17/h3-9,14,22H,10-12H2,1-2H3,(H,21,24)/t14-/m1/s1. The van der Waals surface area contributed by atoms with E-state index >= 15 is 0 Å². The van der Waals surface area contributed by atoms with Gasteiger partial charge in [-0.25, -0.2) is 8.42 Å². The lowest BCUT2D eigenvalue weighted by atomic mass is 10.2. The van der Waals surface area contributed by atoms with Gasteiger partial charge in [0.05, 0.1) is 4.90 Å². The number of rotatable bonds is 8. The number of sulfonamides is 1. The predicted molar refractivity (Wildman–Crippen MR) is 106 cm³/mol. The van der Waals surface area contributed by atoms with Crippen molar-refractivity contribution in [3.63, 3.8) is 0 Å².